The number of benzene rings is 2. The highest BCUT2D eigenvalue weighted by Crippen LogP contribution is 2.44. The number of aliphatic carboxylic acids is 1. The van der Waals surface area contributed by atoms with Gasteiger partial charge in [0.15, 0.2) is 6.10 Å². The Morgan fingerprint density at radius 2 is 1.56 bits per heavy atom. The molecule has 0 aliphatic heterocycles. The minimum atomic E-state index is -4.76. The number of carbonyl (C=O) groups excluding carboxylic acids is 2. The van der Waals surface area contributed by atoms with Crippen LogP contribution in [0.1, 0.15) is 29.9 Å². The Morgan fingerprint density at radius 3 is 2.09 bits per heavy atom. The van der Waals surface area contributed by atoms with Gasteiger partial charge in [-0.15, -0.1) is 0 Å². The first-order chi connectivity index (χ1) is 16.1. The van der Waals surface area contributed by atoms with Crippen LogP contribution < -0.4 is 10.6 Å². The molecule has 3 rings (SSSR count). The number of nitrogens with one attached hydrogen (secondary N) is 2. The number of hydrogen-bond acceptors (Lipinski definition) is 5. The van der Waals surface area contributed by atoms with E-state index in [1.165, 1.54) is 0 Å². The number of carbonyl (C=O) groups is 3. The van der Waals surface area contributed by atoms with Crippen molar-refractivity contribution in [3.63, 3.8) is 0 Å². The van der Waals surface area contributed by atoms with E-state index in [2.05, 4.69) is 5.32 Å². The second-order valence-corrected chi connectivity index (χ2v) is 7.78. The van der Waals surface area contributed by atoms with Crippen LogP contribution in [0.25, 0.3) is 11.1 Å². The lowest BCUT2D eigenvalue weighted by Gasteiger charge is -2.21. The predicted molar refractivity (Wildman–Crippen MR) is 114 cm³/mol. The summed E-state index contributed by atoms with van der Waals surface area (Å²) in [6, 6.07) is 13.1. The van der Waals surface area contributed by atoms with Gasteiger partial charge < -0.3 is 25.6 Å². The van der Waals surface area contributed by atoms with E-state index in [0.29, 0.717) is 0 Å². The standard InChI is InChI=1S/C23H23F3N2O6/c24-23(25,26)11-18(20(30)27-10-9-19(29)21(31)32)28-22(33)34-12-17-15-7-3-1-5-13(15)14-6-2-4-8-16(14)17/h1-8,17-19,29H,9-12H2,(H,27,30)(H,28,33)(H,31,32). The van der Waals surface area contributed by atoms with Gasteiger partial charge in [0.25, 0.3) is 0 Å². The van der Waals surface area contributed by atoms with Gasteiger partial charge in [0, 0.05) is 18.9 Å². The minimum Gasteiger partial charge on any atom is -0.479 e. The molecule has 34 heavy (non-hydrogen) atoms. The van der Waals surface area contributed by atoms with Crippen LogP contribution in [0.4, 0.5) is 18.0 Å². The zero-order chi connectivity index (χ0) is 24.9. The summed E-state index contributed by atoms with van der Waals surface area (Å²) in [5.41, 5.74) is 3.78. The highest BCUT2D eigenvalue weighted by molar-refractivity contribution is 5.86. The van der Waals surface area contributed by atoms with E-state index >= 15 is 0 Å². The van der Waals surface area contributed by atoms with Crippen molar-refractivity contribution in [1.82, 2.24) is 10.6 Å². The molecule has 0 fully saturated rings. The van der Waals surface area contributed by atoms with Crippen LogP contribution in [0.15, 0.2) is 48.5 Å². The third kappa shape index (κ3) is 6.25. The van der Waals surface area contributed by atoms with E-state index in [0.717, 1.165) is 22.3 Å². The van der Waals surface area contributed by atoms with Crippen LogP contribution in [0.5, 0.6) is 0 Å². The van der Waals surface area contributed by atoms with Crippen molar-refractivity contribution in [2.45, 2.75) is 37.1 Å². The van der Waals surface area contributed by atoms with E-state index in [-0.39, 0.29) is 12.5 Å². The van der Waals surface area contributed by atoms with Crippen LogP contribution in [-0.4, -0.2) is 59.7 Å². The summed E-state index contributed by atoms with van der Waals surface area (Å²) in [4.78, 5) is 35.1. The predicted octanol–water partition coefficient (Wildman–Crippen LogP) is 2.80. The SMILES string of the molecule is O=C(NC(CC(F)(F)F)C(=O)NCCC(O)C(=O)O)OCC1c2ccccc2-c2ccccc21. The summed E-state index contributed by atoms with van der Waals surface area (Å²) in [5, 5.41) is 21.8. The molecule has 0 heterocycles. The first-order valence-corrected chi connectivity index (χ1v) is 10.4. The fourth-order valence-electron chi connectivity index (χ4n) is 3.80. The zero-order valence-electron chi connectivity index (χ0n) is 17.8. The van der Waals surface area contributed by atoms with Gasteiger partial charge in [-0.1, -0.05) is 48.5 Å². The van der Waals surface area contributed by atoms with Gasteiger partial charge in [-0.05, 0) is 22.3 Å². The molecule has 0 spiro atoms. The van der Waals surface area contributed by atoms with Gasteiger partial charge in [-0.25, -0.2) is 9.59 Å². The summed E-state index contributed by atoms with van der Waals surface area (Å²) in [5.74, 6) is -3.02. The molecule has 2 atom stereocenters. The smallest absolute Gasteiger partial charge is 0.407 e. The van der Waals surface area contributed by atoms with E-state index < -0.39 is 55.7 Å². The fourth-order valence-corrected chi connectivity index (χ4v) is 3.80. The van der Waals surface area contributed by atoms with Crippen molar-refractivity contribution in [3.8, 4) is 11.1 Å². The maximum absolute atomic E-state index is 12.9. The number of alkyl halides is 3. The number of rotatable bonds is 9. The molecule has 182 valence electrons. The third-order valence-electron chi connectivity index (χ3n) is 5.39. The largest absolute Gasteiger partial charge is 0.479 e. The van der Waals surface area contributed by atoms with Crippen LogP contribution in [0.2, 0.25) is 0 Å². The first-order valence-electron chi connectivity index (χ1n) is 10.4. The number of amides is 2. The lowest BCUT2D eigenvalue weighted by Crippen LogP contribution is -2.49. The summed E-state index contributed by atoms with van der Waals surface area (Å²) < 4.78 is 44.0. The Labute approximate surface area is 192 Å². The number of fused-ring (bicyclic) bond motifs is 3. The lowest BCUT2D eigenvalue weighted by molar-refractivity contribution is -0.149. The Balaban J connectivity index is 1.62. The second-order valence-electron chi connectivity index (χ2n) is 7.78. The van der Waals surface area contributed by atoms with Gasteiger partial charge in [0.1, 0.15) is 12.6 Å². The average Bonchev–Trinajstić information content (AvgIpc) is 3.10. The molecule has 1 aliphatic rings. The molecule has 2 aromatic rings. The zero-order valence-corrected chi connectivity index (χ0v) is 17.8. The Bertz CT molecular complexity index is 1010. The number of aliphatic hydroxyl groups is 1. The Hall–Kier alpha value is -3.60. The number of carboxylic acid groups (broad SMARTS) is 1. The maximum atomic E-state index is 12.9. The van der Waals surface area contributed by atoms with Crippen molar-refractivity contribution in [1.29, 1.82) is 0 Å². The van der Waals surface area contributed by atoms with Gasteiger partial charge in [-0.2, -0.15) is 13.2 Å². The molecule has 2 aromatic carbocycles. The number of halogens is 3. The van der Waals surface area contributed by atoms with Gasteiger partial charge >= 0.3 is 18.2 Å². The second kappa shape index (κ2) is 10.6. The van der Waals surface area contributed by atoms with Crippen LogP contribution in [0, 0.1) is 0 Å². The summed E-state index contributed by atoms with van der Waals surface area (Å²) in [6.07, 6.45) is -9.80. The van der Waals surface area contributed by atoms with Gasteiger partial charge in [0.2, 0.25) is 5.91 Å². The lowest BCUT2D eigenvalue weighted by atomic mass is 9.98. The van der Waals surface area contributed by atoms with E-state index in [4.69, 9.17) is 9.84 Å². The number of ether oxygens (including phenoxy) is 1. The van der Waals surface area contributed by atoms with E-state index in [1.54, 1.807) is 0 Å². The number of alkyl carbamates (subject to hydrolysis) is 1. The van der Waals surface area contributed by atoms with E-state index in [9.17, 15) is 32.7 Å². The highest BCUT2D eigenvalue weighted by atomic mass is 19.4. The van der Waals surface area contributed by atoms with Crippen LogP contribution in [-0.2, 0) is 14.3 Å². The molecule has 2 amide bonds. The summed E-state index contributed by atoms with van der Waals surface area (Å²) in [6.45, 7) is -0.544. The van der Waals surface area contributed by atoms with Crippen molar-refractivity contribution in [2.24, 2.45) is 0 Å². The average molecular weight is 480 g/mol. The molecule has 11 heteroatoms. The van der Waals surface area contributed by atoms with Gasteiger partial charge in [0.05, 0.1) is 6.42 Å². The quantitative estimate of drug-likeness (QED) is 0.438. The fraction of sp³-hybridized carbons (Fsp3) is 0.348. The minimum absolute atomic E-state index is 0.148. The molecule has 0 bridgehead atoms. The van der Waals surface area contributed by atoms with E-state index in [1.807, 2.05) is 53.8 Å². The summed E-state index contributed by atoms with van der Waals surface area (Å²) in [7, 11) is 0. The topological polar surface area (TPSA) is 125 Å². The third-order valence-corrected chi connectivity index (χ3v) is 5.39. The molecule has 0 saturated heterocycles. The Morgan fingerprint density at radius 1 is 1.00 bits per heavy atom. The Kier molecular flexibility index (Phi) is 7.77. The molecule has 1 aliphatic carbocycles. The molecule has 8 nitrogen and oxygen atoms in total. The maximum Gasteiger partial charge on any atom is 0.407 e. The molecule has 2 unspecified atom stereocenters. The van der Waals surface area contributed by atoms with Crippen molar-refractivity contribution >= 4 is 18.0 Å². The monoisotopic (exact) mass is 480 g/mol. The molecule has 0 saturated carbocycles. The molecule has 0 aromatic heterocycles. The van der Waals surface area contributed by atoms with Crippen LogP contribution >= 0.6 is 0 Å². The molecule has 0 radical (unpaired) electrons. The molecular weight excluding hydrogens is 457 g/mol. The first kappa shape index (κ1) is 25.0. The molecular formula is C23H23F3N2O6. The van der Waals surface area contributed by atoms with Crippen molar-refractivity contribution < 1.29 is 42.5 Å². The number of hydrogen-bond donors (Lipinski definition) is 4. The normalized spacial score (nSPS) is 14.5. The van der Waals surface area contributed by atoms with Crippen LogP contribution in [0.3, 0.4) is 0 Å². The van der Waals surface area contributed by atoms with Crippen molar-refractivity contribution in [2.75, 3.05) is 13.2 Å². The highest BCUT2D eigenvalue weighted by Gasteiger charge is 2.37. The van der Waals surface area contributed by atoms with Crippen molar-refractivity contribution in [3.05, 3.63) is 59.7 Å². The number of carboxylic acids is 1. The summed E-state index contributed by atoms with van der Waals surface area (Å²) >= 11 is 0. The molecule has 4 N–H and O–H groups in total. The van der Waals surface area contributed by atoms with Gasteiger partial charge in [-0.3, -0.25) is 4.79 Å². The number of aliphatic hydroxyl groups excluding tert-OH is 1.